The van der Waals surface area contributed by atoms with Crippen molar-refractivity contribution in [2.45, 2.75) is 26.2 Å². The third kappa shape index (κ3) is 4.23. The number of ketones is 1. The van der Waals surface area contributed by atoms with Gasteiger partial charge in [0.25, 0.3) is 0 Å². The molecule has 0 amide bonds. The van der Waals surface area contributed by atoms with E-state index < -0.39 is 0 Å². The highest BCUT2D eigenvalue weighted by Crippen LogP contribution is 2.25. The predicted molar refractivity (Wildman–Crippen MR) is 124 cm³/mol. The monoisotopic (exact) mass is 391 g/mol. The van der Waals surface area contributed by atoms with E-state index in [1.807, 2.05) is 79.0 Å². The van der Waals surface area contributed by atoms with Crippen molar-refractivity contribution in [2.75, 3.05) is 0 Å². The lowest BCUT2D eigenvalue weighted by Crippen LogP contribution is -2.11. The third-order valence-corrected chi connectivity index (χ3v) is 5.33. The minimum Gasteiger partial charge on any atom is -0.289 e. The van der Waals surface area contributed by atoms with Gasteiger partial charge in [0.05, 0.1) is 5.69 Å². The molecular weight excluding hydrogens is 366 g/mol. The number of carbonyl (C=O) groups excluding carboxylic acids is 1. The maximum absolute atomic E-state index is 12.8. The van der Waals surface area contributed by atoms with E-state index in [9.17, 15) is 4.79 Å². The summed E-state index contributed by atoms with van der Waals surface area (Å²) in [6, 6.07) is 29.9. The molecule has 0 spiro atoms. The number of aromatic nitrogens is 1. The van der Waals surface area contributed by atoms with E-state index in [0.29, 0.717) is 11.1 Å². The minimum atomic E-state index is 0.0413. The van der Waals surface area contributed by atoms with Crippen LogP contribution < -0.4 is 0 Å². The molecule has 2 heteroatoms. The Kier molecular flexibility index (Phi) is 5.33. The molecule has 1 heterocycles. The molecule has 4 aromatic rings. The highest BCUT2D eigenvalue weighted by molar-refractivity contribution is 6.09. The maximum atomic E-state index is 12.8. The SMILES string of the molecule is CC(C)(C)c1ccc(C(=O)c2ccc(-c3ccc(-c4ccccc4)nc3)cc2)cc1. The van der Waals surface area contributed by atoms with Crippen LogP contribution in [0.4, 0.5) is 0 Å². The second-order valence-electron chi connectivity index (χ2n) is 8.53. The summed E-state index contributed by atoms with van der Waals surface area (Å²) in [6.45, 7) is 6.51. The molecule has 0 atom stereocenters. The van der Waals surface area contributed by atoms with Crippen LogP contribution in [-0.4, -0.2) is 10.8 Å². The predicted octanol–water partition coefficient (Wildman–Crippen LogP) is 6.94. The van der Waals surface area contributed by atoms with Gasteiger partial charge in [-0.05, 0) is 22.6 Å². The van der Waals surface area contributed by atoms with Gasteiger partial charge in [0.1, 0.15) is 0 Å². The van der Waals surface area contributed by atoms with Crippen LogP contribution in [0.3, 0.4) is 0 Å². The quantitative estimate of drug-likeness (QED) is 0.353. The first-order valence-corrected chi connectivity index (χ1v) is 10.2. The largest absolute Gasteiger partial charge is 0.289 e. The second-order valence-corrected chi connectivity index (χ2v) is 8.53. The zero-order valence-corrected chi connectivity index (χ0v) is 17.6. The Labute approximate surface area is 178 Å². The van der Waals surface area contributed by atoms with E-state index in [2.05, 4.69) is 44.0 Å². The summed E-state index contributed by atoms with van der Waals surface area (Å²) in [5.41, 5.74) is 6.83. The molecule has 30 heavy (non-hydrogen) atoms. The number of benzene rings is 3. The van der Waals surface area contributed by atoms with Gasteiger partial charge in [0.15, 0.2) is 5.78 Å². The summed E-state index contributed by atoms with van der Waals surface area (Å²) < 4.78 is 0. The normalized spacial score (nSPS) is 11.3. The zero-order chi connectivity index (χ0) is 21.1. The van der Waals surface area contributed by atoms with Crippen molar-refractivity contribution in [3.63, 3.8) is 0 Å². The van der Waals surface area contributed by atoms with Gasteiger partial charge in [-0.25, -0.2) is 0 Å². The molecule has 0 saturated carbocycles. The second kappa shape index (κ2) is 8.08. The fourth-order valence-corrected chi connectivity index (χ4v) is 3.45. The molecule has 0 aliphatic rings. The average Bonchev–Trinajstić information content (AvgIpc) is 2.79. The molecule has 0 radical (unpaired) electrons. The van der Waals surface area contributed by atoms with Crippen molar-refractivity contribution in [1.82, 2.24) is 4.98 Å². The minimum absolute atomic E-state index is 0.0413. The number of nitrogens with zero attached hydrogens (tertiary/aromatic N) is 1. The van der Waals surface area contributed by atoms with Crippen LogP contribution in [-0.2, 0) is 5.41 Å². The van der Waals surface area contributed by atoms with Gasteiger partial charge >= 0.3 is 0 Å². The van der Waals surface area contributed by atoms with Crippen LogP contribution in [0.5, 0.6) is 0 Å². The Hall–Kier alpha value is -3.52. The highest BCUT2D eigenvalue weighted by atomic mass is 16.1. The molecule has 1 aromatic heterocycles. The first kappa shape index (κ1) is 19.8. The molecular formula is C28H25NO. The van der Waals surface area contributed by atoms with E-state index in [-0.39, 0.29) is 11.2 Å². The van der Waals surface area contributed by atoms with Crippen molar-refractivity contribution in [3.05, 3.63) is 114 Å². The maximum Gasteiger partial charge on any atom is 0.193 e. The standard InChI is InChI=1S/C28H25NO/c1-28(2,3)25-16-13-23(14-17-25)27(30)22-11-9-20(10-12-22)24-15-18-26(29-19-24)21-7-5-4-6-8-21/h4-19H,1-3H3. The number of hydrogen-bond donors (Lipinski definition) is 0. The van der Waals surface area contributed by atoms with Crippen LogP contribution in [0.2, 0.25) is 0 Å². The Balaban J connectivity index is 1.52. The molecule has 0 bridgehead atoms. The molecule has 0 fully saturated rings. The fraction of sp³-hybridized carbons (Fsp3) is 0.143. The van der Waals surface area contributed by atoms with Gasteiger partial charge in [-0.1, -0.05) is 106 Å². The van der Waals surface area contributed by atoms with E-state index in [4.69, 9.17) is 0 Å². The first-order chi connectivity index (χ1) is 14.4. The smallest absolute Gasteiger partial charge is 0.193 e. The summed E-state index contributed by atoms with van der Waals surface area (Å²) in [5, 5.41) is 0. The number of pyridine rings is 1. The van der Waals surface area contributed by atoms with Crippen LogP contribution in [0.15, 0.2) is 97.2 Å². The lowest BCUT2D eigenvalue weighted by Gasteiger charge is -2.19. The lowest BCUT2D eigenvalue weighted by molar-refractivity contribution is 0.103. The Morgan fingerprint density at radius 3 is 1.73 bits per heavy atom. The molecule has 3 aromatic carbocycles. The van der Waals surface area contributed by atoms with Gasteiger partial charge < -0.3 is 0 Å². The lowest BCUT2D eigenvalue weighted by atomic mass is 9.86. The summed E-state index contributed by atoms with van der Waals surface area (Å²) in [4.78, 5) is 17.4. The Morgan fingerprint density at radius 1 is 0.633 bits per heavy atom. The molecule has 0 unspecified atom stereocenters. The molecule has 0 saturated heterocycles. The van der Waals surface area contributed by atoms with Crippen molar-refractivity contribution >= 4 is 5.78 Å². The first-order valence-electron chi connectivity index (χ1n) is 10.2. The van der Waals surface area contributed by atoms with Crippen LogP contribution in [0.1, 0.15) is 42.3 Å². The fourth-order valence-electron chi connectivity index (χ4n) is 3.45. The third-order valence-electron chi connectivity index (χ3n) is 5.33. The van der Waals surface area contributed by atoms with Gasteiger partial charge in [0.2, 0.25) is 0 Å². The molecule has 4 rings (SSSR count). The van der Waals surface area contributed by atoms with Gasteiger partial charge in [-0.3, -0.25) is 9.78 Å². The van der Waals surface area contributed by atoms with Crippen LogP contribution in [0.25, 0.3) is 22.4 Å². The van der Waals surface area contributed by atoms with Crippen molar-refractivity contribution in [1.29, 1.82) is 0 Å². The van der Waals surface area contributed by atoms with Gasteiger partial charge in [0, 0.05) is 28.5 Å². The van der Waals surface area contributed by atoms with E-state index in [1.165, 1.54) is 5.56 Å². The zero-order valence-electron chi connectivity index (χ0n) is 17.6. The number of carbonyl (C=O) groups is 1. The van der Waals surface area contributed by atoms with E-state index in [0.717, 1.165) is 22.4 Å². The highest BCUT2D eigenvalue weighted by Gasteiger charge is 2.15. The molecule has 2 nitrogen and oxygen atoms in total. The Morgan fingerprint density at radius 2 is 1.20 bits per heavy atom. The summed E-state index contributed by atoms with van der Waals surface area (Å²) in [7, 11) is 0. The van der Waals surface area contributed by atoms with Crippen molar-refractivity contribution in [2.24, 2.45) is 0 Å². The van der Waals surface area contributed by atoms with Gasteiger partial charge in [-0.2, -0.15) is 0 Å². The Bertz CT molecular complexity index is 1130. The molecule has 0 aliphatic heterocycles. The average molecular weight is 392 g/mol. The van der Waals surface area contributed by atoms with Crippen LogP contribution >= 0.6 is 0 Å². The van der Waals surface area contributed by atoms with E-state index >= 15 is 0 Å². The van der Waals surface area contributed by atoms with Crippen molar-refractivity contribution in [3.8, 4) is 22.4 Å². The molecule has 0 aliphatic carbocycles. The topological polar surface area (TPSA) is 30.0 Å². The summed E-state index contributed by atoms with van der Waals surface area (Å²) in [6.07, 6.45) is 1.88. The number of hydrogen-bond acceptors (Lipinski definition) is 2. The molecule has 0 N–H and O–H groups in total. The van der Waals surface area contributed by atoms with Crippen LogP contribution in [0, 0.1) is 0 Å². The summed E-state index contributed by atoms with van der Waals surface area (Å²) in [5.74, 6) is 0.0413. The number of rotatable bonds is 4. The molecule has 148 valence electrons. The summed E-state index contributed by atoms with van der Waals surface area (Å²) >= 11 is 0. The van der Waals surface area contributed by atoms with Gasteiger partial charge in [-0.15, -0.1) is 0 Å². The van der Waals surface area contributed by atoms with Crippen molar-refractivity contribution < 1.29 is 4.79 Å². The van der Waals surface area contributed by atoms with E-state index in [1.54, 1.807) is 0 Å².